The van der Waals surface area contributed by atoms with E-state index in [0.717, 1.165) is 10.8 Å². The van der Waals surface area contributed by atoms with Gasteiger partial charge in [-0.25, -0.2) is 8.78 Å². The van der Waals surface area contributed by atoms with Gasteiger partial charge in [0.2, 0.25) is 0 Å². The van der Waals surface area contributed by atoms with Crippen LogP contribution in [0.4, 0.5) is 8.78 Å². The van der Waals surface area contributed by atoms with Gasteiger partial charge in [-0.2, -0.15) is 0 Å². The lowest BCUT2D eigenvalue weighted by Gasteiger charge is -1.95. The summed E-state index contributed by atoms with van der Waals surface area (Å²) in [7, 11) is 0. The maximum Gasteiger partial charge on any atom is 0.141 e. The largest absolute Gasteiger partial charge is 0.456 e. The number of benzene rings is 2. The number of hydrogen-bond acceptors (Lipinski definition) is 1. The van der Waals surface area contributed by atoms with Gasteiger partial charge in [-0.3, -0.25) is 0 Å². The summed E-state index contributed by atoms with van der Waals surface area (Å²) in [6, 6.07) is 7.38. The lowest BCUT2D eigenvalue weighted by atomic mass is 10.1. The summed E-state index contributed by atoms with van der Waals surface area (Å²) in [6.07, 6.45) is 0. The van der Waals surface area contributed by atoms with Crippen molar-refractivity contribution in [3.05, 3.63) is 47.5 Å². The Morgan fingerprint density at radius 1 is 1.00 bits per heavy atom. The summed E-state index contributed by atoms with van der Waals surface area (Å²) in [5.41, 5.74) is 1.39. The quantitative estimate of drug-likeness (QED) is 0.551. The predicted octanol–water partition coefficient (Wildman–Crippen LogP) is 4.17. The fraction of sp³-hybridized carbons (Fsp3) is 0.0769. The first-order valence-electron chi connectivity index (χ1n) is 4.93. The monoisotopic (exact) mass is 218 g/mol. The minimum Gasteiger partial charge on any atom is -0.456 e. The van der Waals surface area contributed by atoms with E-state index in [0.29, 0.717) is 16.7 Å². The average Bonchev–Trinajstić information content (AvgIpc) is 2.62. The SMILES string of the molecule is Cc1c(F)ccc2c1oc1cc(F)ccc12. The second-order valence-corrected chi connectivity index (χ2v) is 3.79. The zero-order chi connectivity index (χ0) is 11.3. The van der Waals surface area contributed by atoms with E-state index in [2.05, 4.69) is 0 Å². The van der Waals surface area contributed by atoms with Gasteiger partial charge < -0.3 is 4.42 Å². The molecule has 1 aromatic heterocycles. The Balaban J connectivity index is 2.55. The summed E-state index contributed by atoms with van der Waals surface area (Å²) in [6.45, 7) is 1.65. The molecule has 0 saturated heterocycles. The molecule has 16 heavy (non-hydrogen) atoms. The second kappa shape index (κ2) is 3.04. The Morgan fingerprint density at radius 2 is 1.75 bits per heavy atom. The van der Waals surface area contributed by atoms with Gasteiger partial charge in [0.05, 0.1) is 0 Å². The third-order valence-corrected chi connectivity index (χ3v) is 2.79. The molecule has 3 heteroatoms. The second-order valence-electron chi connectivity index (χ2n) is 3.79. The van der Waals surface area contributed by atoms with E-state index >= 15 is 0 Å². The van der Waals surface area contributed by atoms with Gasteiger partial charge in [0.1, 0.15) is 22.8 Å². The molecule has 0 amide bonds. The standard InChI is InChI=1S/C13H8F2O/c1-7-11(15)5-4-10-9-3-2-8(14)6-12(9)16-13(7)10/h2-6H,1H3. The fourth-order valence-corrected chi connectivity index (χ4v) is 1.92. The van der Waals surface area contributed by atoms with Crippen molar-refractivity contribution in [3.8, 4) is 0 Å². The molecule has 1 heterocycles. The highest BCUT2D eigenvalue weighted by atomic mass is 19.1. The lowest BCUT2D eigenvalue weighted by molar-refractivity contribution is 0.603. The molecule has 0 atom stereocenters. The van der Waals surface area contributed by atoms with Crippen LogP contribution in [0.1, 0.15) is 5.56 Å². The van der Waals surface area contributed by atoms with Crippen LogP contribution in [0.5, 0.6) is 0 Å². The maximum absolute atomic E-state index is 13.3. The molecule has 0 fully saturated rings. The maximum atomic E-state index is 13.3. The molecule has 0 unspecified atom stereocenters. The summed E-state index contributed by atoms with van der Waals surface area (Å²) in [5.74, 6) is -0.670. The van der Waals surface area contributed by atoms with Crippen LogP contribution in [0.3, 0.4) is 0 Å². The van der Waals surface area contributed by atoms with Crippen LogP contribution in [0.25, 0.3) is 21.9 Å². The number of fused-ring (bicyclic) bond motifs is 3. The first-order valence-corrected chi connectivity index (χ1v) is 4.93. The highest BCUT2D eigenvalue weighted by Gasteiger charge is 2.11. The van der Waals surface area contributed by atoms with Gasteiger partial charge in [0.15, 0.2) is 0 Å². The van der Waals surface area contributed by atoms with Gasteiger partial charge in [-0.15, -0.1) is 0 Å². The number of furan rings is 1. The predicted molar refractivity (Wildman–Crippen MR) is 58.4 cm³/mol. The van der Waals surface area contributed by atoms with Crippen molar-refractivity contribution < 1.29 is 13.2 Å². The van der Waals surface area contributed by atoms with E-state index in [4.69, 9.17) is 4.42 Å². The fourth-order valence-electron chi connectivity index (χ4n) is 1.92. The number of rotatable bonds is 0. The number of hydrogen-bond donors (Lipinski definition) is 0. The summed E-state index contributed by atoms with van der Waals surface area (Å²) in [4.78, 5) is 0. The zero-order valence-electron chi connectivity index (χ0n) is 8.55. The van der Waals surface area contributed by atoms with Crippen LogP contribution in [0.2, 0.25) is 0 Å². The van der Waals surface area contributed by atoms with Crippen molar-refractivity contribution in [2.75, 3.05) is 0 Å². The molecule has 0 bridgehead atoms. The third kappa shape index (κ3) is 1.14. The highest BCUT2D eigenvalue weighted by Crippen LogP contribution is 2.31. The van der Waals surface area contributed by atoms with Crippen LogP contribution in [-0.2, 0) is 0 Å². The van der Waals surface area contributed by atoms with Crippen LogP contribution >= 0.6 is 0 Å². The molecule has 0 aliphatic heterocycles. The molecule has 1 nitrogen and oxygen atoms in total. The summed E-state index contributed by atoms with van der Waals surface area (Å²) >= 11 is 0. The molecular weight excluding hydrogens is 210 g/mol. The summed E-state index contributed by atoms with van der Waals surface area (Å²) in [5, 5.41) is 1.62. The van der Waals surface area contributed by atoms with E-state index in [-0.39, 0.29) is 11.6 Å². The third-order valence-electron chi connectivity index (χ3n) is 2.79. The Morgan fingerprint density at radius 3 is 2.56 bits per heavy atom. The van der Waals surface area contributed by atoms with Crippen LogP contribution in [0, 0.1) is 18.6 Å². The Kier molecular flexibility index (Phi) is 1.78. The van der Waals surface area contributed by atoms with E-state index in [1.165, 1.54) is 18.2 Å². The van der Waals surface area contributed by atoms with Gasteiger partial charge >= 0.3 is 0 Å². The molecule has 0 spiro atoms. The number of halogens is 2. The molecular formula is C13H8F2O. The molecule has 3 aromatic rings. The Labute approximate surface area is 90.3 Å². The first-order chi connectivity index (χ1) is 7.66. The Bertz CT molecular complexity index is 698. The van der Waals surface area contributed by atoms with Crippen molar-refractivity contribution in [2.45, 2.75) is 6.92 Å². The molecule has 0 radical (unpaired) electrons. The highest BCUT2D eigenvalue weighted by molar-refractivity contribution is 6.05. The Hall–Kier alpha value is -1.90. The molecule has 3 rings (SSSR count). The van der Waals surface area contributed by atoms with Crippen LogP contribution in [-0.4, -0.2) is 0 Å². The molecule has 0 aliphatic carbocycles. The van der Waals surface area contributed by atoms with Crippen molar-refractivity contribution in [3.63, 3.8) is 0 Å². The lowest BCUT2D eigenvalue weighted by Crippen LogP contribution is -1.80. The van der Waals surface area contributed by atoms with Gasteiger partial charge in [-0.05, 0) is 31.2 Å². The molecule has 0 saturated carbocycles. The smallest absolute Gasteiger partial charge is 0.141 e. The van der Waals surface area contributed by atoms with Gasteiger partial charge in [-0.1, -0.05) is 0 Å². The first kappa shape index (κ1) is 9.33. The van der Waals surface area contributed by atoms with Crippen molar-refractivity contribution in [2.24, 2.45) is 0 Å². The van der Waals surface area contributed by atoms with Gasteiger partial charge in [0, 0.05) is 22.4 Å². The molecule has 0 N–H and O–H groups in total. The normalized spacial score (nSPS) is 11.4. The molecule has 2 aromatic carbocycles. The molecule has 80 valence electrons. The van der Waals surface area contributed by atoms with E-state index in [1.807, 2.05) is 0 Å². The zero-order valence-corrected chi connectivity index (χ0v) is 8.55. The number of aryl methyl sites for hydroxylation is 1. The van der Waals surface area contributed by atoms with Crippen molar-refractivity contribution >= 4 is 21.9 Å². The van der Waals surface area contributed by atoms with E-state index in [1.54, 1.807) is 19.1 Å². The van der Waals surface area contributed by atoms with Gasteiger partial charge in [0.25, 0.3) is 0 Å². The topological polar surface area (TPSA) is 13.1 Å². The van der Waals surface area contributed by atoms with Crippen molar-refractivity contribution in [1.29, 1.82) is 0 Å². The minimum absolute atomic E-state index is 0.313. The molecule has 0 aliphatic rings. The van der Waals surface area contributed by atoms with Crippen LogP contribution in [0.15, 0.2) is 34.7 Å². The van der Waals surface area contributed by atoms with Crippen molar-refractivity contribution in [1.82, 2.24) is 0 Å². The van der Waals surface area contributed by atoms with E-state index < -0.39 is 0 Å². The average molecular weight is 218 g/mol. The van der Waals surface area contributed by atoms with E-state index in [9.17, 15) is 8.78 Å². The van der Waals surface area contributed by atoms with Crippen LogP contribution < -0.4 is 0 Å². The summed E-state index contributed by atoms with van der Waals surface area (Å²) < 4.78 is 31.8. The minimum atomic E-state index is -0.357.